The first-order chi connectivity index (χ1) is 9.57. The van der Waals surface area contributed by atoms with Crippen molar-refractivity contribution in [3.8, 4) is 5.75 Å². The van der Waals surface area contributed by atoms with E-state index in [1.54, 1.807) is 12.1 Å². The quantitative estimate of drug-likeness (QED) is 0.641. The van der Waals surface area contributed by atoms with Gasteiger partial charge in [0, 0.05) is 30.0 Å². The zero-order valence-electron chi connectivity index (χ0n) is 12.3. The van der Waals surface area contributed by atoms with E-state index in [1.165, 1.54) is 12.1 Å². The zero-order chi connectivity index (χ0) is 14.8. The van der Waals surface area contributed by atoms with Gasteiger partial charge < -0.3 is 10.1 Å². The number of ether oxygens (including phenoxy) is 1. The van der Waals surface area contributed by atoms with Gasteiger partial charge in [0.05, 0.1) is 4.92 Å². The minimum atomic E-state index is -0.396. The fourth-order valence-corrected chi connectivity index (χ4v) is 3.33. The highest BCUT2D eigenvalue weighted by Crippen LogP contribution is 2.48. The van der Waals surface area contributed by atoms with Crippen LogP contribution in [0, 0.1) is 15.5 Å². The Morgan fingerprint density at radius 1 is 1.35 bits per heavy atom. The summed E-state index contributed by atoms with van der Waals surface area (Å²) in [5.74, 6) is 0.710. The second-order valence-electron chi connectivity index (χ2n) is 5.37. The van der Waals surface area contributed by atoms with Crippen LogP contribution in [0.15, 0.2) is 24.3 Å². The average molecular weight is 278 g/mol. The SMILES string of the molecule is CCC1(CC)C(NC)CC1Oc1ccc([N+](=O)[O-])cc1. The molecule has 20 heavy (non-hydrogen) atoms. The highest BCUT2D eigenvalue weighted by Gasteiger charge is 2.53. The maximum Gasteiger partial charge on any atom is 0.269 e. The van der Waals surface area contributed by atoms with Crippen LogP contribution < -0.4 is 10.1 Å². The zero-order valence-corrected chi connectivity index (χ0v) is 12.3. The van der Waals surface area contributed by atoms with E-state index in [0.29, 0.717) is 11.8 Å². The Hall–Kier alpha value is -1.62. The topological polar surface area (TPSA) is 64.4 Å². The first-order valence-corrected chi connectivity index (χ1v) is 7.15. The molecule has 0 aromatic heterocycles. The van der Waals surface area contributed by atoms with Gasteiger partial charge in [0.15, 0.2) is 0 Å². The molecule has 1 fully saturated rings. The minimum Gasteiger partial charge on any atom is -0.490 e. The fraction of sp³-hybridized carbons (Fsp3) is 0.600. The Labute approximate surface area is 119 Å². The maximum absolute atomic E-state index is 10.6. The summed E-state index contributed by atoms with van der Waals surface area (Å²) in [7, 11) is 1.99. The van der Waals surface area contributed by atoms with Gasteiger partial charge in [-0.15, -0.1) is 0 Å². The van der Waals surface area contributed by atoms with E-state index >= 15 is 0 Å². The van der Waals surface area contributed by atoms with Crippen LogP contribution in [0.5, 0.6) is 5.75 Å². The number of hydrogen-bond acceptors (Lipinski definition) is 4. The molecule has 1 N–H and O–H groups in total. The highest BCUT2D eigenvalue weighted by molar-refractivity contribution is 5.36. The lowest BCUT2D eigenvalue weighted by Gasteiger charge is -2.55. The van der Waals surface area contributed by atoms with Gasteiger partial charge in [0.1, 0.15) is 11.9 Å². The van der Waals surface area contributed by atoms with Crippen LogP contribution in [-0.4, -0.2) is 24.1 Å². The molecule has 1 aliphatic carbocycles. The van der Waals surface area contributed by atoms with Crippen LogP contribution in [0.25, 0.3) is 0 Å². The lowest BCUT2D eigenvalue weighted by Crippen LogP contribution is -2.63. The number of benzene rings is 1. The van der Waals surface area contributed by atoms with E-state index < -0.39 is 4.92 Å². The fourth-order valence-electron chi connectivity index (χ4n) is 3.33. The summed E-state index contributed by atoms with van der Waals surface area (Å²) in [6.07, 6.45) is 3.28. The number of nitro groups is 1. The molecule has 110 valence electrons. The number of nitrogens with zero attached hydrogens (tertiary/aromatic N) is 1. The van der Waals surface area contributed by atoms with E-state index in [0.717, 1.165) is 19.3 Å². The van der Waals surface area contributed by atoms with Gasteiger partial charge in [-0.25, -0.2) is 0 Å². The Balaban J connectivity index is 2.08. The monoisotopic (exact) mass is 278 g/mol. The molecule has 5 heteroatoms. The summed E-state index contributed by atoms with van der Waals surface area (Å²) < 4.78 is 6.05. The lowest BCUT2D eigenvalue weighted by molar-refractivity contribution is -0.384. The van der Waals surface area contributed by atoms with Crippen molar-refractivity contribution < 1.29 is 9.66 Å². The van der Waals surface area contributed by atoms with Crippen LogP contribution >= 0.6 is 0 Å². The first kappa shape index (κ1) is 14.8. The normalized spacial score (nSPS) is 23.9. The van der Waals surface area contributed by atoms with Crippen molar-refractivity contribution in [1.29, 1.82) is 0 Å². The molecule has 0 amide bonds. The number of rotatable bonds is 6. The summed E-state index contributed by atoms with van der Waals surface area (Å²) in [5, 5.41) is 14.0. The predicted octanol–water partition coefficient (Wildman–Crippen LogP) is 3.14. The maximum atomic E-state index is 10.6. The number of hydrogen-bond donors (Lipinski definition) is 1. The molecule has 0 radical (unpaired) electrons. The molecule has 0 bridgehead atoms. The third-order valence-electron chi connectivity index (χ3n) is 4.78. The molecule has 2 atom stereocenters. The molecule has 0 aliphatic heterocycles. The van der Waals surface area contributed by atoms with Gasteiger partial charge in [-0.1, -0.05) is 13.8 Å². The van der Waals surface area contributed by atoms with Crippen molar-refractivity contribution in [2.45, 2.75) is 45.3 Å². The number of nitrogens with one attached hydrogen (secondary N) is 1. The van der Waals surface area contributed by atoms with Crippen molar-refractivity contribution in [1.82, 2.24) is 5.32 Å². The van der Waals surface area contributed by atoms with Crippen LogP contribution in [0.4, 0.5) is 5.69 Å². The summed E-state index contributed by atoms with van der Waals surface area (Å²) >= 11 is 0. The summed E-state index contributed by atoms with van der Waals surface area (Å²) in [6.45, 7) is 4.39. The van der Waals surface area contributed by atoms with Gasteiger partial charge in [0.25, 0.3) is 5.69 Å². The van der Waals surface area contributed by atoms with E-state index in [-0.39, 0.29) is 17.2 Å². The van der Waals surface area contributed by atoms with Crippen molar-refractivity contribution in [2.24, 2.45) is 5.41 Å². The largest absolute Gasteiger partial charge is 0.490 e. The average Bonchev–Trinajstić information content (AvgIpc) is 2.45. The van der Waals surface area contributed by atoms with Crippen LogP contribution in [0.2, 0.25) is 0 Å². The second kappa shape index (κ2) is 5.79. The summed E-state index contributed by atoms with van der Waals surface area (Å²) in [4.78, 5) is 10.2. The van der Waals surface area contributed by atoms with Crippen molar-refractivity contribution >= 4 is 5.69 Å². The molecular formula is C15H22N2O3. The van der Waals surface area contributed by atoms with Crippen LogP contribution in [0.3, 0.4) is 0 Å². The third kappa shape index (κ3) is 2.38. The number of nitro benzene ring substituents is 1. The molecule has 0 saturated heterocycles. The van der Waals surface area contributed by atoms with Gasteiger partial charge >= 0.3 is 0 Å². The molecule has 1 saturated carbocycles. The molecule has 1 aliphatic rings. The summed E-state index contributed by atoms with van der Waals surface area (Å²) in [5.41, 5.74) is 0.257. The lowest BCUT2D eigenvalue weighted by atomic mass is 9.58. The highest BCUT2D eigenvalue weighted by atomic mass is 16.6. The van der Waals surface area contributed by atoms with Crippen molar-refractivity contribution in [3.63, 3.8) is 0 Å². The molecule has 1 aromatic rings. The molecule has 2 unspecified atom stereocenters. The van der Waals surface area contributed by atoms with E-state index in [4.69, 9.17) is 4.74 Å². The Morgan fingerprint density at radius 2 is 1.95 bits per heavy atom. The standard InChI is InChI=1S/C15H22N2O3/c1-4-15(5-2)13(16-3)10-14(15)20-12-8-6-11(7-9-12)17(18)19/h6-9,13-14,16H,4-5,10H2,1-3H3. The Bertz CT molecular complexity index is 469. The second-order valence-corrected chi connectivity index (χ2v) is 5.37. The third-order valence-corrected chi connectivity index (χ3v) is 4.78. The Morgan fingerprint density at radius 3 is 2.40 bits per heavy atom. The van der Waals surface area contributed by atoms with Crippen LogP contribution in [0.1, 0.15) is 33.1 Å². The van der Waals surface area contributed by atoms with Gasteiger partial charge in [-0.2, -0.15) is 0 Å². The molecule has 1 aromatic carbocycles. The van der Waals surface area contributed by atoms with E-state index in [9.17, 15) is 10.1 Å². The van der Waals surface area contributed by atoms with E-state index in [2.05, 4.69) is 19.2 Å². The van der Waals surface area contributed by atoms with Gasteiger partial charge in [-0.3, -0.25) is 10.1 Å². The first-order valence-electron chi connectivity index (χ1n) is 7.15. The smallest absolute Gasteiger partial charge is 0.269 e. The molecule has 2 rings (SSSR count). The van der Waals surface area contributed by atoms with E-state index in [1.807, 2.05) is 7.05 Å². The predicted molar refractivity (Wildman–Crippen MR) is 78.0 cm³/mol. The van der Waals surface area contributed by atoms with Gasteiger partial charge in [-0.05, 0) is 32.0 Å². The molecular weight excluding hydrogens is 256 g/mol. The van der Waals surface area contributed by atoms with Crippen molar-refractivity contribution in [3.05, 3.63) is 34.4 Å². The van der Waals surface area contributed by atoms with Crippen molar-refractivity contribution in [2.75, 3.05) is 7.05 Å². The molecule has 0 heterocycles. The minimum absolute atomic E-state index is 0.0938. The summed E-state index contributed by atoms with van der Waals surface area (Å²) in [6, 6.07) is 6.83. The molecule has 0 spiro atoms. The number of non-ortho nitro benzene ring substituents is 1. The van der Waals surface area contributed by atoms with Crippen LogP contribution in [-0.2, 0) is 0 Å². The Kier molecular flexibility index (Phi) is 4.28. The van der Waals surface area contributed by atoms with Gasteiger partial charge in [0.2, 0.25) is 0 Å². The molecule has 5 nitrogen and oxygen atoms in total.